The topological polar surface area (TPSA) is 82.3 Å². The van der Waals surface area contributed by atoms with Gasteiger partial charge in [-0.1, -0.05) is 25.1 Å². The van der Waals surface area contributed by atoms with Gasteiger partial charge < -0.3 is 21.3 Å². The van der Waals surface area contributed by atoms with Gasteiger partial charge in [0.05, 0.1) is 0 Å². The van der Waals surface area contributed by atoms with Gasteiger partial charge in [0.1, 0.15) is 0 Å². The summed E-state index contributed by atoms with van der Waals surface area (Å²) in [7, 11) is 1.82. The standard InChI is InChI=1S/C22H28N4O2/c1-15(14-23-2)21(27)24-17-9-6-10-18(13-17)25-22(28)26-20-12-5-8-16-7-3-4-11-19(16)20/h5-6,8-10,12-13,15,23H,3-4,7,11,14H2,1-2H3,(H,24,27)(H2,25,26,28). The monoisotopic (exact) mass is 380 g/mol. The molecule has 0 fully saturated rings. The summed E-state index contributed by atoms with van der Waals surface area (Å²) in [5.41, 5.74) is 4.72. The van der Waals surface area contributed by atoms with Crippen LogP contribution in [0.3, 0.4) is 0 Å². The molecule has 0 heterocycles. The summed E-state index contributed by atoms with van der Waals surface area (Å²) in [6, 6.07) is 13.0. The van der Waals surface area contributed by atoms with Crippen LogP contribution in [0.1, 0.15) is 30.9 Å². The lowest BCUT2D eigenvalue weighted by Crippen LogP contribution is -2.28. The molecule has 148 valence electrons. The first-order valence-corrected chi connectivity index (χ1v) is 9.81. The van der Waals surface area contributed by atoms with E-state index >= 15 is 0 Å². The molecular formula is C22H28N4O2. The van der Waals surface area contributed by atoms with Crippen LogP contribution < -0.4 is 21.3 Å². The number of hydrogen-bond donors (Lipinski definition) is 4. The minimum Gasteiger partial charge on any atom is -0.326 e. The van der Waals surface area contributed by atoms with E-state index in [-0.39, 0.29) is 17.9 Å². The molecule has 0 saturated heterocycles. The molecule has 28 heavy (non-hydrogen) atoms. The maximum atomic E-state index is 12.5. The molecular weight excluding hydrogens is 352 g/mol. The van der Waals surface area contributed by atoms with E-state index in [1.54, 1.807) is 24.3 Å². The number of benzene rings is 2. The Kier molecular flexibility index (Phi) is 6.66. The van der Waals surface area contributed by atoms with Gasteiger partial charge >= 0.3 is 6.03 Å². The van der Waals surface area contributed by atoms with Gasteiger partial charge in [0.15, 0.2) is 0 Å². The molecule has 6 heteroatoms. The summed E-state index contributed by atoms with van der Waals surface area (Å²) in [5, 5.41) is 11.7. The molecule has 0 bridgehead atoms. The molecule has 3 amide bonds. The van der Waals surface area contributed by atoms with Crippen molar-refractivity contribution >= 4 is 29.0 Å². The average Bonchev–Trinajstić information content (AvgIpc) is 2.68. The minimum absolute atomic E-state index is 0.0631. The van der Waals surface area contributed by atoms with Gasteiger partial charge in [0.2, 0.25) is 5.91 Å². The molecule has 0 radical (unpaired) electrons. The van der Waals surface area contributed by atoms with Crippen LogP contribution in [0.25, 0.3) is 0 Å². The van der Waals surface area contributed by atoms with Crippen molar-refractivity contribution in [3.8, 4) is 0 Å². The molecule has 1 aliphatic carbocycles. The van der Waals surface area contributed by atoms with Crippen molar-refractivity contribution in [2.24, 2.45) is 5.92 Å². The van der Waals surface area contributed by atoms with E-state index in [0.717, 1.165) is 24.9 Å². The van der Waals surface area contributed by atoms with Gasteiger partial charge in [0, 0.05) is 29.5 Å². The van der Waals surface area contributed by atoms with E-state index in [1.165, 1.54) is 17.5 Å². The predicted octanol–water partition coefficient (Wildman–Crippen LogP) is 4.00. The third-order valence-electron chi connectivity index (χ3n) is 4.99. The molecule has 0 spiro atoms. The number of anilines is 3. The van der Waals surface area contributed by atoms with Gasteiger partial charge in [-0.2, -0.15) is 0 Å². The van der Waals surface area contributed by atoms with Crippen LogP contribution in [0.15, 0.2) is 42.5 Å². The number of carbonyl (C=O) groups is 2. The highest BCUT2D eigenvalue weighted by Gasteiger charge is 2.15. The maximum Gasteiger partial charge on any atom is 0.323 e. The summed E-state index contributed by atoms with van der Waals surface area (Å²) in [4.78, 5) is 24.6. The van der Waals surface area contributed by atoms with Crippen molar-refractivity contribution in [1.82, 2.24) is 5.32 Å². The second-order valence-electron chi connectivity index (χ2n) is 7.26. The van der Waals surface area contributed by atoms with Crippen LogP contribution in [0.4, 0.5) is 21.9 Å². The Labute approximate surface area is 166 Å². The van der Waals surface area contributed by atoms with Gasteiger partial charge in [0.25, 0.3) is 0 Å². The number of amides is 3. The molecule has 1 unspecified atom stereocenters. The average molecular weight is 380 g/mol. The molecule has 1 atom stereocenters. The first-order chi connectivity index (χ1) is 13.6. The number of rotatable bonds is 6. The fourth-order valence-corrected chi connectivity index (χ4v) is 3.52. The van der Waals surface area contributed by atoms with E-state index in [0.29, 0.717) is 17.9 Å². The van der Waals surface area contributed by atoms with Crippen LogP contribution in [0.5, 0.6) is 0 Å². The Hall–Kier alpha value is -2.86. The maximum absolute atomic E-state index is 12.5. The lowest BCUT2D eigenvalue weighted by atomic mass is 9.90. The fourth-order valence-electron chi connectivity index (χ4n) is 3.52. The van der Waals surface area contributed by atoms with E-state index in [9.17, 15) is 9.59 Å². The van der Waals surface area contributed by atoms with Crippen molar-refractivity contribution < 1.29 is 9.59 Å². The molecule has 3 rings (SSSR count). The summed E-state index contributed by atoms with van der Waals surface area (Å²) >= 11 is 0. The second kappa shape index (κ2) is 9.37. The van der Waals surface area contributed by atoms with E-state index in [2.05, 4.69) is 27.3 Å². The summed E-state index contributed by atoms with van der Waals surface area (Å²) < 4.78 is 0. The Morgan fingerprint density at radius 1 is 0.964 bits per heavy atom. The van der Waals surface area contributed by atoms with Crippen molar-refractivity contribution in [3.63, 3.8) is 0 Å². The Morgan fingerprint density at radius 2 is 1.68 bits per heavy atom. The zero-order valence-corrected chi connectivity index (χ0v) is 16.5. The Bertz CT molecular complexity index is 850. The number of aryl methyl sites for hydroxylation is 1. The van der Waals surface area contributed by atoms with E-state index in [1.807, 2.05) is 26.1 Å². The first-order valence-electron chi connectivity index (χ1n) is 9.81. The minimum atomic E-state index is -0.286. The quantitative estimate of drug-likeness (QED) is 0.611. The van der Waals surface area contributed by atoms with Crippen LogP contribution >= 0.6 is 0 Å². The molecule has 2 aromatic carbocycles. The van der Waals surface area contributed by atoms with Gasteiger partial charge in [-0.05, 0) is 68.1 Å². The SMILES string of the molecule is CNCC(C)C(=O)Nc1cccc(NC(=O)Nc2cccc3c2CCCC3)c1. The molecule has 4 N–H and O–H groups in total. The molecule has 0 aromatic heterocycles. The number of hydrogen-bond acceptors (Lipinski definition) is 3. The van der Waals surface area contributed by atoms with E-state index < -0.39 is 0 Å². The normalized spacial score (nSPS) is 13.9. The molecule has 2 aromatic rings. The summed E-state index contributed by atoms with van der Waals surface area (Å²) in [5.74, 6) is -0.207. The lowest BCUT2D eigenvalue weighted by molar-refractivity contribution is -0.119. The molecule has 0 saturated carbocycles. The van der Waals surface area contributed by atoms with Crippen LogP contribution in [-0.2, 0) is 17.6 Å². The van der Waals surface area contributed by atoms with Crippen molar-refractivity contribution in [2.75, 3.05) is 29.5 Å². The smallest absolute Gasteiger partial charge is 0.323 e. The molecule has 0 aliphatic heterocycles. The third kappa shape index (κ3) is 5.10. The van der Waals surface area contributed by atoms with Crippen molar-refractivity contribution in [2.45, 2.75) is 32.6 Å². The van der Waals surface area contributed by atoms with Crippen LogP contribution in [-0.4, -0.2) is 25.5 Å². The Morgan fingerprint density at radius 3 is 2.46 bits per heavy atom. The number of nitrogens with one attached hydrogen (secondary N) is 4. The second-order valence-corrected chi connectivity index (χ2v) is 7.26. The van der Waals surface area contributed by atoms with Gasteiger partial charge in [-0.3, -0.25) is 4.79 Å². The zero-order valence-electron chi connectivity index (χ0n) is 16.5. The largest absolute Gasteiger partial charge is 0.326 e. The van der Waals surface area contributed by atoms with Crippen molar-refractivity contribution in [1.29, 1.82) is 0 Å². The molecule has 6 nitrogen and oxygen atoms in total. The summed E-state index contributed by atoms with van der Waals surface area (Å²) in [6.45, 7) is 2.47. The molecule has 1 aliphatic rings. The Balaban J connectivity index is 1.63. The van der Waals surface area contributed by atoms with Gasteiger partial charge in [-0.25, -0.2) is 4.79 Å². The third-order valence-corrected chi connectivity index (χ3v) is 4.99. The van der Waals surface area contributed by atoms with E-state index in [4.69, 9.17) is 0 Å². The number of fused-ring (bicyclic) bond motifs is 1. The van der Waals surface area contributed by atoms with Crippen molar-refractivity contribution in [3.05, 3.63) is 53.6 Å². The fraction of sp³-hybridized carbons (Fsp3) is 0.364. The van der Waals surface area contributed by atoms with Gasteiger partial charge in [-0.15, -0.1) is 0 Å². The zero-order chi connectivity index (χ0) is 19.9. The highest BCUT2D eigenvalue weighted by Crippen LogP contribution is 2.28. The van der Waals surface area contributed by atoms with Crippen LogP contribution in [0.2, 0.25) is 0 Å². The number of urea groups is 1. The van der Waals surface area contributed by atoms with Crippen LogP contribution in [0, 0.1) is 5.92 Å². The first kappa shape index (κ1) is 19.9. The lowest BCUT2D eigenvalue weighted by Gasteiger charge is -2.19. The number of carbonyl (C=O) groups excluding carboxylic acids is 2. The highest BCUT2D eigenvalue weighted by molar-refractivity contribution is 6.01. The summed E-state index contributed by atoms with van der Waals surface area (Å²) in [6.07, 6.45) is 4.42. The highest BCUT2D eigenvalue weighted by atomic mass is 16.2. The predicted molar refractivity (Wildman–Crippen MR) is 114 cm³/mol.